The number of carbonyl (C=O) groups is 4. The molecule has 2 aliphatic carbocycles. The molecule has 3 heterocycles. The fourth-order valence-electron chi connectivity index (χ4n) is 8.01. The van der Waals surface area contributed by atoms with Gasteiger partial charge in [0.15, 0.2) is 17.3 Å². The van der Waals surface area contributed by atoms with Crippen LogP contribution < -0.4 is 14.2 Å². The molecule has 0 bridgehead atoms. The number of ketones is 1. The van der Waals surface area contributed by atoms with E-state index in [4.69, 9.17) is 18.9 Å². The van der Waals surface area contributed by atoms with Crippen molar-refractivity contribution in [2.75, 3.05) is 27.4 Å². The summed E-state index contributed by atoms with van der Waals surface area (Å²) in [6.07, 6.45) is 0.991. The minimum Gasteiger partial charge on any atom is -0.494 e. The van der Waals surface area contributed by atoms with Crippen LogP contribution in [0.2, 0.25) is 0 Å². The molecular weight excluding hydrogens is 791 g/mol. The molecule has 318 valence electrons. The molecule has 18 heteroatoms. The number of Topliss-reactive ketones (excluding diaryl/α,β-unsaturated/α-hetero) is 1. The van der Waals surface area contributed by atoms with E-state index in [1.54, 1.807) is 6.07 Å². The Morgan fingerprint density at radius 3 is 2.50 bits per heavy atom. The van der Waals surface area contributed by atoms with Gasteiger partial charge in [-0.05, 0) is 87.8 Å². The van der Waals surface area contributed by atoms with E-state index in [2.05, 4.69) is 9.71 Å². The lowest BCUT2D eigenvalue weighted by Crippen LogP contribution is -2.49. The van der Waals surface area contributed by atoms with Crippen molar-refractivity contribution in [2.24, 2.45) is 23.2 Å². The van der Waals surface area contributed by atoms with Crippen molar-refractivity contribution in [1.82, 2.24) is 14.6 Å². The normalized spacial score (nSPS) is 27.8. The molecule has 6 atom stereocenters. The highest BCUT2D eigenvalue weighted by molar-refractivity contribution is 7.90. The van der Waals surface area contributed by atoms with Gasteiger partial charge >= 0.3 is 12.1 Å². The molecule has 0 spiro atoms. The van der Waals surface area contributed by atoms with Gasteiger partial charge in [0.1, 0.15) is 6.10 Å². The van der Waals surface area contributed by atoms with E-state index in [9.17, 15) is 45.2 Å². The maximum absolute atomic E-state index is 14.9. The van der Waals surface area contributed by atoms with Gasteiger partial charge in [-0.25, -0.2) is 17.8 Å². The molecular formula is C40H49F4N3O10S. The first-order valence-corrected chi connectivity index (χ1v) is 21.0. The largest absolute Gasteiger partial charge is 0.494 e. The summed E-state index contributed by atoms with van der Waals surface area (Å²) >= 11 is 0. The number of fused-ring (bicyclic) bond motifs is 3. The molecule has 6 rings (SSSR count). The number of halogens is 4. The third-order valence-corrected chi connectivity index (χ3v) is 13.6. The Morgan fingerprint density at radius 1 is 1.09 bits per heavy atom. The van der Waals surface area contributed by atoms with Gasteiger partial charge in [0.2, 0.25) is 33.3 Å². The van der Waals surface area contributed by atoms with Crippen molar-refractivity contribution < 1.29 is 64.1 Å². The summed E-state index contributed by atoms with van der Waals surface area (Å²) in [5.74, 6) is -6.53. The molecule has 0 radical (unpaired) electrons. The second-order valence-corrected chi connectivity index (χ2v) is 18.3. The Morgan fingerprint density at radius 2 is 1.83 bits per heavy atom. The topological polar surface area (TPSA) is 167 Å². The number of hydrogen-bond acceptors (Lipinski definition) is 11. The van der Waals surface area contributed by atoms with Crippen molar-refractivity contribution in [2.45, 2.75) is 107 Å². The number of pyridine rings is 1. The molecule has 2 saturated carbocycles. The minimum absolute atomic E-state index is 0.00742. The lowest BCUT2D eigenvalue weighted by Gasteiger charge is -2.33. The first kappa shape index (κ1) is 43.3. The Bertz CT molecular complexity index is 2060. The summed E-state index contributed by atoms with van der Waals surface area (Å²) in [6.45, 7) is 1.13. The van der Waals surface area contributed by atoms with Crippen molar-refractivity contribution in [1.29, 1.82) is 0 Å². The first-order valence-electron chi connectivity index (χ1n) is 19.4. The van der Waals surface area contributed by atoms with Gasteiger partial charge in [-0.2, -0.15) is 13.2 Å². The summed E-state index contributed by atoms with van der Waals surface area (Å²) in [4.78, 5) is 62.1. The number of nitrogens with zero attached hydrogens (tertiary/aromatic N) is 2. The van der Waals surface area contributed by atoms with Gasteiger partial charge in [0.25, 0.3) is 0 Å². The Hall–Kier alpha value is -4.32. The smallest absolute Gasteiger partial charge is 0.427 e. The molecule has 1 saturated heterocycles. The number of esters is 1. The first-order chi connectivity index (χ1) is 27.3. The predicted molar refractivity (Wildman–Crippen MR) is 200 cm³/mol. The third kappa shape index (κ3) is 9.27. The molecule has 13 nitrogen and oxygen atoms in total. The van der Waals surface area contributed by atoms with Gasteiger partial charge in [0, 0.05) is 38.1 Å². The number of aromatic nitrogens is 1. The molecule has 2 amide bonds. The molecule has 4 aliphatic rings. The van der Waals surface area contributed by atoms with Crippen LogP contribution >= 0.6 is 0 Å². The second kappa shape index (κ2) is 16.7. The summed E-state index contributed by atoms with van der Waals surface area (Å²) in [5.41, 5.74) is -4.28. The van der Waals surface area contributed by atoms with Gasteiger partial charge in [0.05, 0.1) is 42.7 Å². The highest BCUT2D eigenvalue weighted by Crippen LogP contribution is 2.57. The zero-order chi connectivity index (χ0) is 42.2. The standard InChI is InChI=1S/C40H49F4N3O10S/c1-38(2,40(42,43)44)57-34(49)18-29-24(22-54-3)9-7-5-6-8-10-25-19-39(25,37(51)46-58(52,53)27-11-12-27)20-32(48)31-16-26(21-47(31)36(29)50)56-35-28-17-30(41)33(55-4)15-23(28)13-14-45-35/h8,10,13-15,17,24-27,29,31H,5-7,9,11-12,16,18-22H2,1-4H3,(H,46,51)/b10-8-/t24-,25+,26+,29-,31-,39+/m0/s1. The lowest BCUT2D eigenvalue weighted by atomic mass is 9.84. The molecule has 2 aromatic rings. The zero-order valence-electron chi connectivity index (χ0n) is 32.8. The number of benzene rings is 1. The number of alkyl halides is 3. The van der Waals surface area contributed by atoms with Crippen LogP contribution in [0.1, 0.15) is 78.1 Å². The summed E-state index contributed by atoms with van der Waals surface area (Å²) in [5, 5.41) is 0.103. The van der Waals surface area contributed by atoms with E-state index in [0.717, 1.165) is 0 Å². The molecule has 0 unspecified atom stereocenters. The van der Waals surface area contributed by atoms with Crippen LogP contribution in [0.25, 0.3) is 10.8 Å². The number of amides is 2. The fourth-order valence-corrected chi connectivity index (χ4v) is 9.40. The van der Waals surface area contributed by atoms with Crippen LogP contribution in [-0.2, 0) is 38.7 Å². The maximum atomic E-state index is 14.9. The van der Waals surface area contributed by atoms with Crippen LogP contribution in [-0.4, -0.2) is 98.4 Å². The van der Waals surface area contributed by atoms with Gasteiger partial charge < -0.3 is 23.8 Å². The molecule has 1 aromatic carbocycles. The van der Waals surface area contributed by atoms with Crippen molar-refractivity contribution in [3.63, 3.8) is 0 Å². The number of ether oxygens (including phenoxy) is 4. The minimum atomic E-state index is -4.91. The summed E-state index contributed by atoms with van der Waals surface area (Å²) in [6, 6.07) is 2.99. The summed E-state index contributed by atoms with van der Waals surface area (Å²) in [7, 11) is -1.25. The van der Waals surface area contributed by atoms with Gasteiger partial charge in [-0.3, -0.25) is 23.9 Å². The van der Waals surface area contributed by atoms with Crippen LogP contribution in [0.3, 0.4) is 0 Å². The number of allylic oxidation sites excluding steroid dienone is 2. The van der Waals surface area contributed by atoms with Crippen molar-refractivity contribution >= 4 is 44.4 Å². The number of rotatable bonds is 11. The van der Waals surface area contributed by atoms with Crippen LogP contribution in [0.4, 0.5) is 17.6 Å². The molecule has 2 aliphatic heterocycles. The monoisotopic (exact) mass is 839 g/mol. The Kier molecular flexibility index (Phi) is 12.5. The van der Waals surface area contributed by atoms with E-state index >= 15 is 0 Å². The highest BCUT2D eigenvalue weighted by Gasteiger charge is 2.62. The van der Waals surface area contributed by atoms with Crippen molar-refractivity contribution in [3.8, 4) is 11.6 Å². The van der Waals surface area contributed by atoms with Crippen molar-refractivity contribution in [3.05, 3.63) is 42.4 Å². The number of methoxy groups -OCH3 is 2. The number of hydrogen-bond donors (Lipinski definition) is 1. The summed E-state index contributed by atoms with van der Waals surface area (Å²) < 4.78 is 106. The van der Waals surface area contributed by atoms with E-state index < -0.39 is 105 Å². The molecule has 1 aromatic heterocycles. The van der Waals surface area contributed by atoms with Crippen LogP contribution in [0, 0.1) is 29.0 Å². The fraction of sp³-hybridized carbons (Fsp3) is 0.625. The lowest BCUT2D eigenvalue weighted by molar-refractivity contribution is -0.257. The second-order valence-electron chi connectivity index (χ2n) is 16.3. The Balaban J connectivity index is 1.36. The molecule has 3 fully saturated rings. The number of nitrogens with one attached hydrogen (secondary N) is 1. The number of sulfonamides is 1. The third-order valence-electron chi connectivity index (χ3n) is 11.7. The van der Waals surface area contributed by atoms with E-state index in [-0.39, 0.29) is 43.0 Å². The van der Waals surface area contributed by atoms with Crippen LogP contribution in [0.5, 0.6) is 11.6 Å². The molecule has 1 N–H and O–H groups in total. The zero-order valence-corrected chi connectivity index (χ0v) is 33.6. The number of carbonyl (C=O) groups excluding carboxylic acids is 4. The van der Waals surface area contributed by atoms with Gasteiger partial charge in [-0.15, -0.1) is 0 Å². The van der Waals surface area contributed by atoms with E-state index in [1.165, 1.54) is 37.4 Å². The Labute approximate surface area is 334 Å². The molecule has 58 heavy (non-hydrogen) atoms. The quantitative estimate of drug-likeness (QED) is 0.170. The van der Waals surface area contributed by atoms with E-state index in [1.807, 2.05) is 12.2 Å². The average molecular weight is 840 g/mol. The SMILES string of the molecule is COC[C@@H]1CCCC/C=C\[C@@H]2C[C@@]2(C(=O)NS(=O)(=O)C2CC2)CC(=O)[C@@H]2C[C@@H](Oc3nccc4cc(OC)c(F)cc34)CN2C(=O)[C@H]1CC(=O)OC(C)(C)C(F)(F)F. The van der Waals surface area contributed by atoms with Gasteiger partial charge in [-0.1, -0.05) is 18.6 Å². The predicted octanol–water partition coefficient (Wildman–Crippen LogP) is 5.59. The van der Waals surface area contributed by atoms with Crippen LogP contribution in [0.15, 0.2) is 36.5 Å². The highest BCUT2D eigenvalue weighted by atomic mass is 32.2. The average Bonchev–Trinajstić information content (AvgIpc) is 4.07. The maximum Gasteiger partial charge on any atom is 0.427 e. The van der Waals surface area contributed by atoms with E-state index in [0.29, 0.717) is 57.8 Å².